The largest absolute Gasteiger partial charge is 0.327 e. The van der Waals surface area contributed by atoms with Crippen molar-refractivity contribution in [3.05, 3.63) is 76.6 Å². The maximum atomic E-state index is 13.3. The van der Waals surface area contributed by atoms with E-state index in [-0.39, 0.29) is 34.9 Å². The van der Waals surface area contributed by atoms with Gasteiger partial charge in [0.25, 0.3) is 11.6 Å². The van der Waals surface area contributed by atoms with Crippen molar-refractivity contribution in [1.82, 2.24) is 24.6 Å². The van der Waals surface area contributed by atoms with Gasteiger partial charge in [0.1, 0.15) is 18.3 Å². The summed E-state index contributed by atoms with van der Waals surface area (Å²) < 4.78 is 1.31. The predicted octanol–water partition coefficient (Wildman–Crippen LogP) is 2.94. The lowest BCUT2D eigenvalue weighted by Crippen LogP contribution is -2.36. The highest BCUT2D eigenvalue weighted by atomic mass is 16.6. The van der Waals surface area contributed by atoms with Crippen LogP contribution in [0.25, 0.3) is 5.69 Å². The molecule has 1 aliphatic rings. The highest BCUT2D eigenvalue weighted by Gasteiger charge is 2.37. The minimum absolute atomic E-state index is 0.124. The summed E-state index contributed by atoms with van der Waals surface area (Å²) in [6.07, 6.45) is 6.21. The van der Waals surface area contributed by atoms with Gasteiger partial charge in [-0.05, 0) is 44.0 Å². The van der Waals surface area contributed by atoms with Gasteiger partial charge in [0, 0.05) is 23.9 Å². The van der Waals surface area contributed by atoms with E-state index in [1.807, 2.05) is 25.1 Å². The third-order valence-corrected chi connectivity index (χ3v) is 4.79. The van der Waals surface area contributed by atoms with E-state index in [1.54, 1.807) is 17.2 Å². The zero-order valence-electron chi connectivity index (χ0n) is 15.2. The number of aromatic nitrogens is 4. The molecule has 142 valence electrons. The number of pyridine rings is 1. The normalized spacial score (nSPS) is 14.5. The van der Waals surface area contributed by atoms with Crippen LogP contribution < -0.4 is 0 Å². The first-order valence-corrected chi connectivity index (χ1v) is 8.93. The van der Waals surface area contributed by atoms with Gasteiger partial charge in [-0.15, -0.1) is 0 Å². The molecule has 1 atom stereocenters. The van der Waals surface area contributed by atoms with Crippen LogP contribution in [0.2, 0.25) is 0 Å². The Bertz CT molecular complexity index is 1000. The molecule has 2 aromatic heterocycles. The molecule has 0 spiro atoms. The van der Waals surface area contributed by atoms with Crippen molar-refractivity contribution in [2.45, 2.75) is 31.8 Å². The number of hydrogen-bond acceptors (Lipinski definition) is 6. The number of nitrogens with zero attached hydrogens (tertiary/aromatic N) is 6. The second-order valence-corrected chi connectivity index (χ2v) is 6.67. The molecule has 1 saturated carbocycles. The van der Waals surface area contributed by atoms with Crippen molar-refractivity contribution in [2.24, 2.45) is 0 Å². The molecule has 4 rings (SSSR count). The molecule has 1 fully saturated rings. The van der Waals surface area contributed by atoms with Crippen molar-refractivity contribution in [3.8, 4) is 5.69 Å². The second kappa shape index (κ2) is 7.18. The zero-order valence-corrected chi connectivity index (χ0v) is 15.2. The summed E-state index contributed by atoms with van der Waals surface area (Å²) in [6, 6.07) is 9.90. The summed E-state index contributed by atoms with van der Waals surface area (Å²) in [6.45, 7) is 1.93. The van der Waals surface area contributed by atoms with Crippen molar-refractivity contribution >= 4 is 11.6 Å². The fraction of sp³-hybridized carbons (Fsp3) is 0.263. The van der Waals surface area contributed by atoms with Crippen LogP contribution in [0.3, 0.4) is 0 Å². The van der Waals surface area contributed by atoms with Gasteiger partial charge in [0.05, 0.1) is 16.7 Å². The summed E-state index contributed by atoms with van der Waals surface area (Å²) in [4.78, 5) is 34.3. The van der Waals surface area contributed by atoms with Crippen LogP contribution in [0, 0.1) is 10.1 Å². The molecule has 0 aliphatic heterocycles. The molecule has 1 aromatic carbocycles. The van der Waals surface area contributed by atoms with Gasteiger partial charge >= 0.3 is 0 Å². The lowest BCUT2D eigenvalue weighted by Gasteiger charge is -2.29. The van der Waals surface area contributed by atoms with Crippen molar-refractivity contribution in [3.63, 3.8) is 0 Å². The van der Waals surface area contributed by atoms with Crippen LogP contribution in [-0.4, -0.2) is 41.5 Å². The molecule has 1 aliphatic carbocycles. The Morgan fingerprint density at radius 2 is 2.14 bits per heavy atom. The first-order chi connectivity index (χ1) is 13.6. The van der Waals surface area contributed by atoms with E-state index in [4.69, 9.17) is 0 Å². The molecule has 1 unspecified atom stereocenters. The van der Waals surface area contributed by atoms with E-state index in [1.165, 1.54) is 29.5 Å². The molecule has 1 amide bonds. The third kappa shape index (κ3) is 3.34. The summed E-state index contributed by atoms with van der Waals surface area (Å²) in [5.41, 5.74) is 1.12. The zero-order chi connectivity index (χ0) is 19.7. The molecule has 3 aromatic rings. The second-order valence-electron chi connectivity index (χ2n) is 6.67. The minimum Gasteiger partial charge on any atom is -0.327 e. The number of amides is 1. The Labute approximate surface area is 160 Å². The Hall–Kier alpha value is -3.62. The quantitative estimate of drug-likeness (QED) is 0.482. The highest BCUT2D eigenvalue weighted by Crippen LogP contribution is 2.36. The molecular weight excluding hydrogens is 360 g/mol. The summed E-state index contributed by atoms with van der Waals surface area (Å²) in [5, 5.41) is 15.5. The van der Waals surface area contributed by atoms with Gasteiger partial charge in [-0.1, -0.05) is 6.07 Å². The Kier molecular flexibility index (Phi) is 4.56. The fourth-order valence-corrected chi connectivity index (χ4v) is 3.25. The smallest absolute Gasteiger partial charge is 0.295 e. The standard InChI is InChI=1S/C19H18N6O3/c1-13(16-4-2-3-9-21-16)24(15-6-7-15)19(26)14-5-8-17(18(10-14)25(27)28)23-12-20-11-22-23/h2-5,8-13,15H,6-7H2,1H3. The monoisotopic (exact) mass is 378 g/mol. The summed E-state index contributed by atoms with van der Waals surface area (Å²) in [5.74, 6) is -0.242. The number of carbonyl (C=O) groups is 1. The van der Waals surface area contributed by atoms with Crippen molar-refractivity contribution < 1.29 is 9.72 Å². The lowest BCUT2D eigenvalue weighted by atomic mass is 10.1. The maximum absolute atomic E-state index is 13.3. The van der Waals surface area contributed by atoms with Gasteiger partial charge < -0.3 is 4.90 Å². The molecule has 0 bridgehead atoms. The number of carbonyl (C=O) groups excluding carboxylic acids is 1. The van der Waals surface area contributed by atoms with Crippen LogP contribution in [0.15, 0.2) is 55.2 Å². The van der Waals surface area contributed by atoms with E-state index < -0.39 is 4.92 Å². The maximum Gasteiger partial charge on any atom is 0.295 e. The van der Waals surface area contributed by atoms with E-state index >= 15 is 0 Å². The highest BCUT2D eigenvalue weighted by molar-refractivity contribution is 5.96. The first-order valence-electron chi connectivity index (χ1n) is 8.93. The van der Waals surface area contributed by atoms with Gasteiger partial charge in [-0.25, -0.2) is 9.67 Å². The fourth-order valence-electron chi connectivity index (χ4n) is 3.25. The average Bonchev–Trinajstić information content (AvgIpc) is 3.39. The van der Waals surface area contributed by atoms with E-state index in [0.717, 1.165) is 18.5 Å². The lowest BCUT2D eigenvalue weighted by molar-refractivity contribution is -0.384. The topological polar surface area (TPSA) is 107 Å². The van der Waals surface area contributed by atoms with Crippen LogP contribution in [0.1, 0.15) is 41.9 Å². The molecule has 0 N–H and O–H groups in total. The molecule has 9 nitrogen and oxygen atoms in total. The third-order valence-electron chi connectivity index (χ3n) is 4.79. The Morgan fingerprint density at radius 3 is 2.75 bits per heavy atom. The van der Waals surface area contributed by atoms with Crippen LogP contribution in [0.5, 0.6) is 0 Å². The molecular formula is C19H18N6O3. The summed E-state index contributed by atoms with van der Waals surface area (Å²) in [7, 11) is 0. The number of nitro groups is 1. The molecule has 9 heteroatoms. The molecule has 0 radical (unpaired) electrons. The SMILES string of the molecule is CC(c1ccccn1)N(C(=O)c1ccc(-n2cncn2)c([N+](=O)[O-])c1)C1CC1. The Balaban J connectivity index is 1.70. The molecule has 2 heterocycles. The predicted molar refractivity (Wildman–Crippen MR) is 99.9 cm³/mol. The Morgan fingerprint density at radius 1 is 1.32 bits per heavy atom. The molecule has 0 saturated heterocycles. The number of hydrogen-bond donors (Lipinski definition) is 0. The van der Waals surface area contributed by atoms with Crippen molar-refractivity contribution in [2.75, 3.05) is 0 Å². The average molecular weight is 378 g/mol. The van der Waals surface area contributed by atoms with Gasteiger partial charge in [0.15, 0.2) is 0 Å². The number of benzene rings is 1. The van der Waals surface area contributed by atoms with Gasteiger partial charge in [-0.3, -0.25) is 19.9 Å². The first kappa shape index (κ1) is 17.8. The van der Waals surface area contributed by atoms with E-state index in [9.17, 15) is 14.9 Å². The van der Waals surface area contributed by atoms with E-state index in [0.29, 0.717) is 0 Å². The van der Waals surface area contributed by atoms with Crippen LogP contribution in [-0.2, 0) is 0 Å². The summed E-state index contributed by atoms with van der Waals surface area (Å²) >= 11 is 0. The number of nitro benzene ring substituents is 1. The van der Waals surface area contributed by atoms with Crippen LogP contribution >= 0.6 is 0 Å². The van der Waals surface area contributed by atoms with Gasteiger partial charge in [0.2, 0.25) is 0 Å². The minimum atomic E-state index is -0.516. The molecule has 28 heavy (non-hydrogen) atoms. The van der Waals surface area contributed by atoms with Crippen LogP contribution in [0.4, 0.5) is 5.69 Å². The van der Waals surface area contributed by atoms with Gasteiger partial charge in [-0.2, -0.15) is 5.10 Å². The van der Waals surface area contributed by atoms with E-state index in [2.05, 4.69) is 15.1 Å². The number of rotatable bonds is 6. The van der Waals surface area contributed by atoms with Crippen molar-refractivity contribution in [1.29, 1.82) is 0 Å².